The van der Waals surface area contributed by atoms with Gasteiger partial charge in [-0.1, -0.05) is 46.1 Å². The molecular weight excluding hydrogens is 693 g/mol. The molecule has 1 aromatic carbocycles. The Hall–Kier alpha value is -4.54. The van der Waals surface area contributed by atoms with Crippen molar-refractivity contribution >= 4 is 33.8 Å². The summed E-state index contributed by atoms with van der Waals surface area (Å²) in [5, 5.41) is 18.0. The maximum atomic E-state index is 14.5. The lowest BCUT2D eigenvalue weighted by Gasteiger charge is -2.35. The van der Waals surface area contributed by atoms with Gasteiger partial charge in [0.1, 0.15) is 23.4 Å². The molecule has 2 saturated carbocycles. The van der Waals surface area contributed by atoms with Gasteiger partial charge in [-0.15, -0.1) is 21.6 Å². The Morgan fingerprint density at radius 1 is 1.04 bits per heavy atom. The lowest BCUT2D eigenvalue weighted by molar-refractivity contribution is -0.142. The molecule has 6 bridgehead atoms. The third kappa shape index (κ3) is 8.24. The van der Waals surface area contributed by atoms with Crippen molar-refractivity contribution in [1.29, 1.82) is 0 Å². The van der Waals surface area contributed by atoms with E-state index >= 15 is 0 Å². The molecule has 7 rings (SSSR count). The molecule has 0 radical (unpaired) electrons. The summed E-state index contributed by atoms with van der Waals surface area (Å²) in [7, 11) is -3.89. The molecule has 282 valence electrons. The van der Waals surface area contributed by atoms with E-state index in [1.807, 2.05) is 24.3 Å². The zero-order valence-corrected chi connectivity index (χ0v) is 30.7. The minimum atomic E-state index is -3.89. The maximum absolute atomic E-state index is 14.5. The molecule has 16 nitrogen and oxygen atoms in total. The summed E-state index contributed by atoms with van der Waals surface area (Å²) < 4.78 is 38.8. The molecule has 2 aliphatic carbocycles. The standard InChI is InChI=1S/C35H48N8O8S/c1-5-23-20-35(23,32(46)40-52(48,49)26-15-16-26)37-30(44)27-19-22-21-42(27)31(45)28(34(2,3)4)36-33(47)51-18-10-8-6-7-9-17-50-25-13-11-24(12-14-25)43-39-29(22)38-41-43/h5,11-14,22-23,26-28H,1,6-10,15-21H2,2-4H3,(H,36,47)(H,37,44)(H,40,46)/t22-,23-,27+,28-,35-/m1/s1. The summed E-state index contributed by atoms with van der Waals surface area (Å²) in [4.78, 5) is 57.9. The van der Waals surface area contributed by atoms with Crippen molar-refractivity contribution < 1.29 is 37.1 Å². The van der Waals surface area contributed by atoms with Crippen molar-refractivity contribution in [3.63, 3.8) is 0 Å². The van der Waals surface area contributed by atoms with E-state index in [2.05, 4.69) is 37.3 Å². The first-order valence-corrected chi connectivity index (χ1v) is 19.5. The van der Waals surface area contributed by atoms with Gasteiger partial charge in [-0.2, -0.15) is 0 Å². The second-order valence-electron chi connectivity index (χ2n) is 15.2. The van der Waals surface area contributed by atoms with Gasteiger partial charge in [-0.25, -0.2) is 13.2 Å². The van der Waals surface area contributed by atoms with Crippen LogP contribution in [0.1, 0.15) is 90.3 Å². The fraction of sp³-hybridized carbons (Fsp3) is 0.629. The van der Waals surface area contributed by atoms with Gasteiger partial charge in [0.05, 0.1) is 24.2 Å². The Kier molecular flexibility index (Phi) is 10.6. The molecule has 4 amide bonds. The fourth-order valence-electron chi connectivity index (χ4n) is 6.77. The number of tetrazole rings is 1. The monoisotopic (exact) mass is 740 g/mol. The molecule has 3 fully saturated rings. The number of nitrogens with zero attached hydrogens (tertiary/aromatic N) is 5. The van der Waals surface area contributed by atoms with Crippen LogP contribution in [0, 0.1) is 11.3 Å². The summed E-state index contributed by atoms with van der Waals surface area (Å²) >= 11 is 0. The highest BCUT2D eigenvalue weighted by atomic mass is 32.2. The van der Waals surface area contributed by atoms with Crippen molar-refractivity contribution in [3.05, 3.63) is 42.7 Å². The Bertz CT molecular complexity index is 1790. The Labute approximate surface area is 303 Å². The van der Waals surface area contributed by atoms with E-state index in [0.29, 0.717) is 43.1 Å². The van der Waals surface area contributed by atoms with Gasteiger partial charge in [-0.05, 0) is 73.4 Å². The number of aromatic nitrogens is 4. The van der Waals surface area contributed by atoms with Crippen LogP contribution in [-0.2, 0) is 29.1 Å². The lowest BCUT2D eigenvalue weighted by atomic mass is 9.85. The number of rotatable bonds is 6. The number of benzene rings is 1. The number of alkyl carbamates (subject to hydrolysis) is 1. The van der Waals surface area contributed by atoms with Crippen LogP contribution < -0.4 is 20.1 Å². The highest BCUT2D eigenvalue weighted by Crippen LogP contribution is 2.46. The van der Waals surface area contributed by atoms with E-state index in [9.17, 15) is 27.6 Å². The van der Waals surface area contributed by atoms with Gasteiger partial charge in [0.25, 0.3) is 5.91 Å². The van der Waals surface area contributed by atoms with E-state index in [1.54, 1.807) is 20.8 Å². The van der Waals surface area contributed by atoms with E-state index in [4.69, 9.17) is 9.47 Å². The molecule has 1 aromatic heterocycles. The SMILES string of the molecule is C=C[C@@H]1C[C@]1(NC(=O)[C@@H]1C[C@@H]2CN1C(=O)[C@H](C(C)(C)C)NC(=O)OCCCCCCCOc1ccc(cc1)-n1nnc2n1)C(=O)NS(=O)(=O)C1CC1. The van der Waals surface area contributed by atoms with Gasteiger partial charge in [-0.3, -0.25) is 19.1 Å². The highest BCUT2D eigenvalue weighted by molar-refractivity contribution is 7.91. The van der Waals surface area contributed by atoms with Crippen LogP contribution in [0.25, 0.3) is 5.69 Å². The van der Waals surface area contributed by atoms with E-state index in [1.165, 1.54) is 15.8 Å². The molecule has 4 heterocycles. The molecule has 1 saturated heterocycles. The maximum Gasteiger partial charge on any atom is 0.407 e. The van der Waals surface area contributed by atoms with Crippen LogP contribution in [0.4, 0.5) is 4.79 Å². The van der Waals surface area contributed by atoms with E-state index < -0.39 is 74.0 Å². The topological polar surface area (TPSA) is 204 Å². The van der Waals surface area contributed by atoms with E-state index in [0.717, 1.165) is 25.7 Å². The molecule has 17 heteroatoms. The average Bonchev–Trinajstić information content (AvgIpc) is 3.98. The van der Waals surface area contributed by atoms with Gasteiger partial charge < -0.3 is 25.0 Å². The van der Waals surface area contributed by atoms with Crippen molar-refractivity contribution in [2.45, 2.75) is 107 Å². The first kappa shape index (κ1) is 37.2. The van der Waals surface area contributed by atoms with E-state index in [-0.39, 0.29) is 26.0 Å². The average molecular weight is 741 g/mol. The minimum Gasteiger partial charge on any atom is -0.494 e. The zero-order valence-electron chi connectivity index (χ0n) is 29.9. The number of carbonyl (C=O) groups excluding carboxylic acids is 4. The van der Waals surface area contributed by atoms with Crippen LogP contribution in [-0.4, -0.2) is 100.0 Å². The summed E-state index contributed by atoms with van der Waals surface area (Å²) in [6.45, 7) is 9.92. The van der Waals surface area contributed by atoms with Gasteiger partial charge in [0, 0.05) is 18.4 Å². The van der Waals surface area contributed by atoms with Crippen LogP contribution in [0.3, 0.4) is 0 Å². The number of amides is 4. The second-order valence-corrected chi connectivity index (χ2v) is 17.2. The lowest BCUT2D eigenvalue weighted by Crippen LogP contribution is -2.60. The van der Waals surface area contributed by atoms with Crippen molar-refractivity contribution in [1.82, 2.24) is 40.5 Å². The van der Waals surface area contributed by atoms with Crippen molar-refractivity contribution in [2.75, 3.05) is 19.8 Å². The van der Waals surface area contributed by atoms with Crippen LogP contribution in [0.2, 0.25) is 0 Å². The molecule has 5 atom stereocenters. The third-order valence-electron chi connectivity index (χ3n) is 10.2. The molecule has 3 aliphatic heterocycles. The van der Waals surface area contributed by atoms with Crippen LogP contribution in [0.5, 0.6) is 5.75 Å². The highest BCUT2D eigenvalue weighted by Gasteiger charge is 2.62. The fourth-order valence-corrected chi connectivity index (χ4v) is 8.14. The molecular formula is C35H48N8O8S. The summed E-state index contributed by atoms with van der Waals surface area (Å²) in [6.07, 6.45) is 6.22. The predicted octanol–water partition coefficient (Wildman–Crippen LogP) is 2.50. The molecule has 0 unspecified atom stereocenters. The number of sulfonamides is 1. The van der Waals surface area contributed by atoms with Crippen LogP contribution in [0.15, 0.2) is 36.9 Å². The van der Waals surface area contributed by atoms with Crippen LogP contribution >= 0.6 is 0 Å². The predicted molar refractivity (Wildman–Crippen MR) is 188 cm³/mol. The minimum absolute atomic E-state index is 0.0127. The smallest absolute Gasteiger partial charge is 0.407 e. The molecule has 2 aromatic rings. The molecule has 0 spiro atoms. The number of fused-ring (bicyclic) bond motifs is 14. The largest absolute Gasteiger partial charge is 0.494 e. The molecule has 3 N–H and O–H groups in total. The Morgan fingerprint density at radius 3 is 2.35 bits per heavy atom. The van der Waals surface area contributed by atoms with Gasteiger partial charge in [0.15, 0.2) is 5.82 Å². The number of carbonyl (C=O) groups is 4. The van der Waals surface area contributed by atoms with Gasteiger partial charge >= 0.3 is 6.09 Å². The zero-order chi connectivity index (χ0) is 37.3. The Balaban J connectivity index is 1.29. The number of ether oxygens (including phenoxy) is 2. The van der Waals surface area contributed by atoms with Crippen molar-refractivity contribution in [3.8, 4) is 11.4 Å². The van der Waals surface area contributed by atoms with Crippen molar-refractivity contribution in [2.24, 2.45) is 11.3 Å². The Morgan fingerprint density at radius 2 is 1.71 bits per heavy atom. The number of nitrogens with one attached hydrogen (secondary N) is 3. The third-order valence-corrected chi connectivity index (χ3v) is 12.0. The number of hydrogen-bond donors (Lipinski definition) is 3. The van der Waals surface area contributed by atoms with Gasteiger partial charge in [0.2, 0.25) is 21.8 Å². The quantitative estimate of drug-likeness (QED) is 0.367. The normalized spacial score (nSPS) is 27.5. The summed E-state index contributed by atoms with van der Waals surface area (Å²) in [6, 6.07) is 5.08. The first-order valence-electron chi connectivity index (χ1n) is 18.0. The first-order chi connectivity index (χ1) is 24.7. The second kappa shape index (κ2) is 14.8. The molecule has 5 aliphatic rings. The summed E-state index contributed by atoms with van der Waals surface area (Å²) in [5.74, 6) is -2.07. The number of hydrogen-bond acceptors (Lipinski definition) is 11. The molecule has 52 heavy (non-hydrogen) atoms. The summed E-state index contributed by atoms with van der Waals surface area (Å²) in [5.41, 5.74) is -1.70.